The topological polar surface area (TPSA) is 4.44 Å². The normalized spacial score (nSPS) is 25.1. The van der Waals surface area contributed by atoms with Gasteiger partial charge in [0, 0.05) is 6.07 Å². The van der Waals surface area contributed by atoms with E-state index in [1.54, 1.807) is 0 Å². The summed E-state index contributed by atoms with van der Waals surface area (Å²) in [6.07, 6.45) is 4.64. The van der Waals surface area contributed by atoms with Gasteiger partial charge in [-0.1, -0.05) is 43.8 Å². The van der Waals surface area contributed by atoms with Gasteiger partial charge >= 0.3 is 0 Å². The van der Waals surface area contributed by atoms with Crippen LogP contribution < -0.4 is 4.90 Å². The predicted molar refractivity (Wildman–Crippen MR) is 66.6 cm³/mol. The smallest absolute Gasteiger partial charge is 0.162 e. The minimum absolute atomic E-state index is 0.546. The number of fused-ring (bicyclic) bond motifs is 1. The first kappa shape index (κ1) is 10.8. The molecule has 1 heterocycles. The highest BCUT2D eigenvalue weighted by Crippen LogP contribution is 2.32. The van der Waals surface area contributed by atoms with Crippen molar-refractivity contribution in [3.05, 3.63) is 36.4 Å². The quantitative estimate of drug-likeness (QED) is 0.750. The third kappa shape index (κ3) is 2.27. The first-order chi connectivity index (χ1) is 7.18. The Morgan fingerprint density at radius 3 is 2.73 bits per heavy atom. The highest BCUT2D eigenvalue weighted by molar-refractivity contribution is 8.00. The van der Waals surface area contributed by atoms with Gasteiger partial charge in [-0.15, -0.1) is 0 Å². The molecule has 80 valence electrons. The van der Waals surface area contributed by atoms with Crippen molar-refractivity contribution in [1.29, 1.82) is 0 Å². The average molecular weight is 220 g/mol. The van der Waals surface area contributed by atoms with Crippen molar-refractivity contribution in [2.75, 3.05) is 7.05 Å². The van der Waals surface area contributed by atoms with Crippen LogP contribution in [0.4, 0.5) is 5.69 Å². The lowest BCUT2D eigenvalue weighted by Gasteiger charge is -2.12. The van der Waals surface area contributed by atoms with Gasteiger partial charge in [0.1, 0.15) is 5.69 Å². The van der Waals surface area contributed by atoms with E-state index in [0.29, 0.717) is 11.3 Å². The number of para-hydroxylation sites is 1. The van der Waals surface area contributed by atoms with Crippen LogP contribution >= 0.6 is 11.8 Å². The molecule has 0 amide bonds. The Bertz CT molecular complexity index is 371. The number of rotatable bonds is 2. The second-order valence-corrected chi connectivity index (χ2v) is 5.53. The maximum absolute atomic E-state index is 2.34. The van der Waals surface area contributed by atoms with Crippen molar-refractivity contribution >= 4 is 17.4 Å². The van der Waals surface area contributed by atoms with Gasteiger partial charge in [0.05, 0.1) is 11.9 Å². The number of likely N-dealkylation sites (N-methyl/N-ethyl adjacent to an activating group) is 1. The van der Waals surface area contributed by atoms with Gasteiger partial charge in [-0.05, 0) is 18.1 Å². The van der Waals surface area contributed by atoms with Crippen molar-refractivity contribution in [2.24, 2.45) is 5.92 Å². The van der Waals surface area contributed by atoms with E-state index in [1.165, 1.54) is 15.5 Å². The summed E-state index contributed by atoms with van der Waals surface area (Å²) in [6, 6.07) is 8.68. The molecule has 2 rings (SSSR count). The molecule has 1 aliphatic heterocycles. The molecule has 0 spiro atoms. The molecule has 0 aromatic heterocycles. The highest BCUT2D eigenvalue weighted by Gasteiger charge is 2.29. The number of benzene rings is 1. The second-order valence-electron chi connectivity index (χ2n) is 4.35. The summed E-state index contributed by atoms with van der Waals surface area (Å²) in [5.41, 5.74) is 1.43. The molecule has 0 saturated carbocycles. The zero-order chi connectivity index (χ0) is 10.8. The number of nitrogens with one attached hydrogen (secondary N) is 1. The maximum atomic E-state index is 2.34. The maximum Gasteiger partial charge on any atom is 0.162 e. The Balaban J connectivity index is 2.16. The molecule has 2 unspecified atom stereocenters. The largest absolute Gasteiger partial charge is 0.289 e. The first-order valence-corrected chi connectivity index (χ1v) is 6.34. The monoisotopic (exact) mass is 220 g/mol. The molecule has 1 aromatic carbocycles. The highest BCUT2D eigenvalue weighted by atomic mass is 32.2. The molecule has 0 aliphatic carbocycles. The molecule has 0 radical (unpaired) electrons. The van der Waals surface area contributed by atoms with Gasteiger partial charge in [0.15, 0.2) is 5.37 Å². The van der Waals surface area contributed by atoms with Crippen LogP contribution in [0, 0.1) is 5.92 Å². The van der Waals surface area contributed by atoms with E-state index in [4.69, 9.17) is 0 Å². The van der Waals surface area contributed by atoms with Crippen LogP contribution in [0.3, 0.4) is 0 Å². The van der Waals surface area contributed by atoms with E-state index in [0.717, 1.165) is 0 Å². The van der Waals surface area contributed by atoms with Gasteiger partial charge in [0.2, 0.25) is 0 Å². The van der Waals surface area contributed by atoms with Crippen molar-refractivity contribution in [3.63, 3.8) is 0 Å². The van der Waals surface area contributed by atoms with Crippen LogP contribution in [-0.4, -0.2) is 12.4 Å². The number of quaternary nitrogens is 1. The van der Waals surface area contributed by atoms with Crippen molar-refractivity contribution < 1.29 is 4.90 Å². The number of hydrogen-bond acceptors (Lipinski definition) is 1. The van der Waals surface area contributed by atoms with Crippen LogP contribution in [0.1, 0.15) is 13.8 Å². The molecule has 1 aliphatic rings. The fraction of sp³-hybridized carbons (Fsp3) is 0.385. The van der Waals surface area contributed by atoms with Gasteiger partial charge in [-0.2, -0.15) is 0 Å². The lowest BCUT2D eigenvalue weighted by molar-refractivity contribution is -0.812. The molecule has 2 heteroatoms. The van der Waals surface area contributed by atoms with E-state index in [9.17, 15) is 0 Å². The van der Waals surface area contributed by atoms with Gasteiger partial charge in [0.25, 0.3) is 0 Å². The Morgan fingerprint density at radius 2 is 2.07 bits per heavy atom. The third-order valence-electron chi connectivity index (χ3n) is 2.66. The third-order valence-corrected chi connectivity index (χ3v) is 4.04. The Morgan fingerprint density at radius 1 is 1.33 bits per heavy atom. The Hall–Kier alpha value is -0.730. The summed E-state index contributed by atoms with van der Waals surface area (Å²) in [4.78, 5) is 2.92. The van der Waals surface area contributed by atoms with E-state index < -0.39 is 0 Å². The van der Waals surface area contributed by atoms with E-state index in [-0.39, 0.29) is 0 Å². The molecular formula is C13H18NS+. The molecular weight excluding hydrogens is 202 g/mol. The summed E-state index contributed by atoms with van der Waals surface area (Å²) in [5, 5.41) is 0.546. The van der Waals surface area contributed by atoms with Gasteiger partial charge in [-0.3, -0.25) is 4.90 Å². The number of allylic oxidation sites excluding steroid dienone is 1. The van der Waals surface area contributed by atoms with Crippen molar-refractivity contribution in [1.82, 2.24) is 0 Å². The molecule has 2 atom stereocenters. The SMILES string of the molecule is CC(C)C=CC1Sc2ccccc2[NH+]1C. The summed E-state index contributed by atoms with van der Waals surface area (Å²) in [5.74, 6) is 0.641. The molecule has 1 nitrogen and oxygen atoms in total. The molecule has 1 N–H and O–H groups in total. The lowest BCUT2D eigenvalue weighted by atomic mass is 10.2. The summed E-state index contributed by atoms with van der Waals surface area (Å²) in [6.45, 7) is 4.44. The van der Waals surface area contributed by atoms with Crippen LogP contribution in [0.5, 0.6) is 0 Å². The van der Waals surface area contributed by atoms with Gasteiger partial charge in [-0.25, -0.2) is 0 Å². The van der Waals surface area contributed by atoms with Crippen molar-refractivity contribution in [2.45, 2.75) is 24.1 Å². The second kappa shape index (κ2) is 4.42. The fourth-order valence-corrected chi connectivity index (χ4v) is 3.04. The molecule has 0 fully saturated rings. The number of thioether (sulfide) groups is 1. The van der Waals surface area contributed by atoms with Gasteiger partial charge < -0.3 is 0 Å². The average Bonchev–Trinajstić information content (AvgIpc) is 2.54. The zero-order valence-electron chi connectivity index (χ0n) is 9.53. The molecule has 1 aromatic rings. The Kier molecular flexibility index (Phi) is 3.17. The minimum atomic E-state index is 0.546. The predicted octanol–water partition coefficient (Wildman–Crippen LogP) is 2.48. The fourth-order valence-electron chi connectivity index (χ4n) is 1.78. The van der Waals surface area contributed by atoms with E-state index in [1.807, 2.05) is 11.8 Å². The summed E-state index contributed by atoms with van der Waals surface area (Å²) >= 11 is 1.96. The summed E-state index contributed by atoms with van der Waals surface area (Å²) < 4.78 is 0. The minimum Gasteiger partial charge on any atom is -0.289 e. The van der Waals surface area contributed by atoms with Crippen LogP contribution in [0.15, 0.2) is 41.3 Å². The molecule has 0 bridgehead atoms. The number of hydrogen-bond donors (Lipinski definition) is 1. The standard InChI is InChI=1S/C13H17NS/c1-10(2)8-9-13-14(3)11-6-4-5-7-12(11)15-13/h4-10,13H,1-3H3/p+1. The molecule has 15 heavy (non-hydrogen) atoms. The first-order valence-electron chi connectivity index (χ1n) is 5.46. The lowest BCUT2D eigenvalue weighted by Crippen LogP contribution is -3.05. The van der Waals surface area contributed by atoms with Crippen LogP contribution in [0.25, 0.3) is 0 Å². The molecule has 0 saturated heterocycles. The van der Waals surface area contributed by atoms with Crippen LogP contribution in [0.2, 0.25) is 0 Å². The van der Waals surface area contributed by atoms with Crippen LogP contribution in [-0.2, 0) is 0 Å². The zero-order valence-corrected chi connectivity index (χ0v) is 10.3. The Labute approximate surface area is 96.2 Å². The van der Waals surface area contributed by atoms with E-state index in [2.05, 4.69) is 57.3 Å². The van der Waals surface area contributed by atoms with Crippen molar-refractivity contribution in [3.8, 4) is 0 Å². The summed E-state index contributed by atoms with van der Waals surface area (Å²) in [7, 11) is 2.24. The van der Waals surface area contributed by atoms with E-state index >= 15 is 0 Å².